The highest BCUT2D eigenvalue weighted by Crippen LogP contribution is 2.32. The lowest BCUT2D eigenvalue weighted by atomic mass is 10.1. The van der Waals surface area contributed by atoms with Crippen molar-refractivity contribution in [2.45, 2.75) is 25.0 Å². The van der Waals surface area contributed by atoms with Crippen LogP contribution in [0, 0.1) is 0 Å². The van der Waals surface area contributed by atoms with E-state index in [1.54, 1.807) is 6.20 Å². The minimum absolute atomic E-state index is 0.286. The molecular formula is C10H12INO. The summed E-state index contributed by atoms with van der Waals surface area (Å²) in [5.74, 6) is 0. The van der Waals surface area contributed by atoms with Crippen LogP contribution in [0.4, 0.5) is 0 Å². The molecule has 1 saturated heterocycles. The normalized spacial score (nSPS) is 27.8. The smallest absolute Gasteiger partial charge is 0.0844 e. The summed E-state index contributed by atoms with van der Waals surface area (Å²) >= 11 is 2.38. The maximum atomic E-state index is 5.85. The van der Waals surface area contributed by atoms with Crippen LogP contribution in [0.1, 0.15) is 24.5 Å². The second-order valence-electron chi connectivity index (χ2n) is 3.26. The second-order valence-corrected chi connectivity index (χ2v) is 4.15. The zero-order valence-electron chi connectivity index (χ0n) is 7.32. The first-order chi connectivity index (χ1) is 6.40. The average molecular weight is 289 g/mol. The predicted octanol–water partition coefficient (Wildman–Crippen LogP) is 2.74. The summed E-state index contributed by atoms with van der Waals surface area (Å²) in [7, 11) is 0. The van der Waals surface area contributed by atoms with Crippen molar-refractivity contribution in [3.8, 4) is 0 Å². The number of hydrogen-bond donors (Lipinski definition) is 0. The quantitative estimate of drug-likeness (QED) is 0.617. The van der Waals surface area contributed by atoms with Crippen LogP contribution in [0.3, 0.4) is 0 Å². The summed E-state index contributed by atoms with van der Waals surface area (Å²) in [6.07, 6.45) is 6.76. The van der Waals surface area contributed by atoms with Crippen molar-refractivity contribution in [1.29, 1.82) is 0 Å². The molecule has 0 radical (unpaired) electrons. The monoisotopic (exact) mass is 289 g/mol. The highest BCUT2D eigenvalue weighted by molar-refractivity contribution is 14.1. The molecule has 2 atom stereocenters. The minimum atomic E-state index is 0.286. The molecule has 2 rings (SSSR count). The van der Waals surface area contributed by atoms with Crippen molar-refractivity contribution >= 4 is 22.6 Å². The third kappa shape index (κ3) is 2.20. The van der Waals surface area contributed by atoms with Crippen molar-refractivity contribution in [2.75, 3.05) is 4.43 Å². The summed E-state index contributed by atoms with van der Waals surface area (Å²) in [5, 5.41) is 0. The third-order valence-corrected chi connectivity index (χ3v) is 3.32. The van der Waals surface area contributed by atoms with Gasteiger partial charge in [0.05, 0.1) is 12.2 Å². The van der Waals surface area contributed by atoms with E-state index in [-0.39, 0.29) is 6.10 Å². The number of ether oxygens (including phenoxy) is 1. The minimum Gasteiger partial charge on any atom is -0.369 e. The van der Waals surface area contributed by atoms with Gasteiger partial charge in [-0.2, -0.15) is 0 Å². The molecule has 0 amide bonds. The lowest BCUT2D eigenvalue weighted by Gasteiger charge is -2.11. The Balaban J connectivity index is 2.04. The molecule has 0 spiro atoms. The fourth-order valence-corrected chi connectivity index (χ4v) is 2.28. The van der Waals surface area contributed by atoms with Gasteiger partial charge in [-0.1, -0.05) is 28.7 Å². The van der Waals surface area contributed by atoms with Gasteiger partial charge in [-0.25, -0.2) is 0 Å². The highest BCUT2D eigenvalue weighted by Gasteiger charge is 2.25. The first-order valence-electron chi connectivity index (χ1n) is 4.51. The van der Waals surface area contributed by atoms with Gasteiger partial charge in [0.15, 0.2) is 0 Å². The van der Waals surface area contributed by atoms with Crippen LogP contribution in [-0.2, 0) is 4.74 Å². The molecule has 3 heteroatoms. The summed E-state index contributed by atoms with van der Waals surface area (Å²) in [5.41, 5.74) is 1.22. The van der Waals surface area contributed by atoms with E-state index in [2.05, 4.69) is 33.6 Å². The van der Waals surface area contributed by atoms with Crippen LogP contribution in [0.25, 0.3) is 0 Å². The predicted molar refractivity (Wildman–Crippen MR) is 60.0 cm³/mol. The number of pyridine rings is 1. The number of hydrogen-bond acceptors (Lipinski definition) is 2. The van der Waals surface area contributed by atoms with Crippen LogP contribution in [0.15, 0.2) is 24.5 Å². The largest absolute Gasteiger partial charge is 0.369 e. The topological polar surface area (TPSA) is 22.1 Å². The van der Waals surface area contributed by atoms with Crippen molar-refractivity contribution in [1.82, 2.24) is 4.98 Å². The Morgan fingerprint density at radius 3 is 3.08 bits per heavy atom. The Labute approximate surface area is 91.8 Å². The van der Waals surface area contributed by atoms with Crippen molar-refractivity contribution in [3.05, 3.63) is 30.1 Å². The van der Waals surface area contributed by atoms with Gasteiger partial charge in [0.2, 0.25) is 0 Å². The Hall–Kier alpha value is -0.160. The molecule has 70 valence electrons. The molecule has 1 aliphatic rings. The van der Waals surface area contributed by atoms with Gasteiger partial charge in [0, 0.05) is 16.8 Å². The SMILES string of the molecule is ICC1CCC(c2cccnc2)O1. The number of alkyl halides is 1. The fourth-order valence-electron chi connectivity index (χ4n) is 1.63. The summed E-state index contributed by atoms with van der Waals surface area (Å²) < 4.78 is 6.94. The van der Waals surface area contributed by atoms with E-state index in [1.807, 2.05) is 12.3 Å². The molecule has 0 aliphatic carbocycles. The van der Waals surface area contributed by atoms with E-state index >= 15 is 0 Å². The molecule has 0 N–H and O–H groups in total. The van der Waals surface area contributed by atoms with Crippen molar-refractivity contribution in [2.24, 2.45) is 0 Å². The lowest BCUT2D eigenvalue weighted by molar-refractivity contribution is 0.0595. The molecule has 0 bridgehead atoms. The maximum Gasteiger partial charge on any atom is 0.0844 e. The molecule has 1 fully saturated rings. The first kappa shape index (κ1) is 9.40. The molecule has 2 unspecified atom stereocenters. The van der Waals surface area contributed by atoms with Gasteiger partial charge >= 0.3 is 0 Å². The van der Waals surface area contributed by atoms with Crippen molar-refractivity contribution in [3.63, 3.8) is 0 Å². The summed E-state index contributed by atoms with van der Waals surface area (Å²) in [4.78, 5) is 4.10. The van der Waals surface area contributed by atoms with E-state index in [0.29, 0.717) is 6.10 Å². The first-order valence-corrected chi connectivity index (χ1v) is 6.04. The number of aromatic nitrogens is 1. The molecular weight excluding hydrogens is 277 g/mol. The average Bonchev–Trinajstić information content (AvgIpc) is 2.67. The maximum absolute atomic E-state index is 5.85. The van der Waals surface area contributed by atoms with E-state index in [9.17, 15) is 0 Å². The molecule has 2 heterocycles. The van der Waals surface area contributed by atoms with Gasteiger partial charge in [-0.05, 0) is 24.5 Å². The van der Waals surface area contributed by atoms with Crippen LogP contribution in [-0.4, -0.2) is 15.5 Å². The van der Waals surface area contributed by atoms with Crippen LogP contribution in [0.5, 0.6) is 0 Å². The van der Waals surface area contributed by atoms with E-state index < -0.39 is 0 Å². The number of halogens is 1. The Morgan fingerprint density at radius 2 is 2.46 bits per heavy atom. The molecule has 1 aromatic rings. The van der Waals surface area contributed by atoms with Gasteiger partial charge < -0.3 is 4.74 Å². The van der Waals surface area contributed by atoms with Gasteiger partial charge in [-0.3, -0.25) is 4.98 Å². The third-order valence-electron chi connectivity index (χ3n) is 2.34. The highest BCUT2D eigenvalue weighted by atomic mass is 127. The van der Waals surface area contributed by atoms with E-state index in [4.69, 9.17) is 4.74 Å². The van der Waals surface area contributed by atoms with E-state index in [1.165, 1.54) is 12.0 Å². The Kier molecular flexibility index (Phi) is 3.16. The second kappa shape index (κ2) is 4.37. The number of rotatable bonds is 2. The molecule has 0 aromatic carbocycles. The van der Waals surface area contributed by atoms with Crippen LogP contribution in [0.2, 0.25) is 0 Å². The van der Waals surface area contributed by atoms with Gasteiger partial charge in [0.25, 0.3) is 0 Å². The van der Waals surface area contributed by atoms with Crippen LogP contribution >= 0.6 is 22.6 Å². The van der Waals surface area contributed by atoms with Gasteiger partial charge in [-0.15, -0.1) is 0 Å². The zero-order chi connectivity index (χ0) is 9.10. The molecule has 0 saturated carbocycles. The number of nitrogens with zero attached hydrogens (tertiary/aromatic N) is 1. The Bertz CT molecular complexity index is 265. The van der Waals surface area contributed by atoms with E-state index in [0.717, 1.165) is 10.8 Å². The van der Waals surface area contributed by atoms with Crippen LogP contribution < -0.4 is 0 Å². The lowest BCUT2D eigenvalue weighted by Crippen LogP contribution is -2.07. The summed E-state index contributed by atoms with van der Waals surface area (Å²) in [6, 6.07) is 4.06. The standard InChI is InChI=1S/C10H12INO/c11-6-9-3-4-10(13-9)8-2-1-5-12-7-8/h1-2,5,7,9-10H,3-4,6H2. The molecule has 2 nitrogen and oxygen atoms in total. The molecule has 1 aliphatic heterocycles. The fraction of sp³-hybridized carbons (Fsp3) is 0.500. The van der Waals surface area contributed by atoms with Gasteiger partial charge in [0.1, 0.15) is 0 Å². The molecule has 1 aromatic heterocycles. The zero-order valence-corrected chi connectivity index (χ0v) is 9.48. The molecule has 13 heavy (non-hydrogen) atoms. The summed E-state index contributed by atoms with van der Waals surface area (Å²) in [6.45, 7) is 0. The Morgan fingerprint density at radius 1 is 1.54 bits per heavy atom. The van der Waals surface area contributed by atoms with Crippen molar-refractivity contribution < 1.29 is 4.74 Å².